The highest BCUT2D eigenvalue weighted by Crippen LogP contribution is 2.25. The normalized spacial score (nSPS) is 13.5. The molecule has 1 rings (SSSR count). The molecular formula is C11H16ClFN2O3S. The fourth-order valence-electron chi connectivity index (χ4n) is 1.46. The van der Waals surface area contributed by atoms with Gasteiger partial charge in [-0.1, -0.05) is 11.6 Å². The number of rotatable bonds is 6. The first-order valence-electron chi connectivity index (χ1n) is 5.53. The average molecular weight is 311 g/mol. The van der Waals surface area contributed by atoms with Gasteiger partial charge in [0.15, 0.2) is 5.82 Å². The van der Waals surface area contributed by atoms with Crippen LogP contribution in [0.25, 0.3) is 0 Å². The van der Waals surface area contributed by atoms with E-state index in [1.807, 2.05) is 0 Å². The molecule has 0 bridgehead atoms. The number of nitrogen functional groups attached to an aromatic ring is 1. The Morgan fingerprint density at radius 2 is 2.16 bits per heavy atom. The monoisotopic (exact) mass is 310 g/mol. The summed E-state index contributed by atoms with van der Waals surface area (Å²) in [6.45, 7) is 2.05. The summed E-state index contributed by atoms with van der Waals surface area (Å²) in [5, 5.41) is 0.0591. The van der Waals surface area contributed by atoms with Crippen molar-refractivity contribution in [2.75, 3.05) is 19.5 Å². The lowest BCUT2D eigenvalue weighted by molar-refractivity contribution is 0.188. The third kappa shape index (κ3) is 4.31. The van der Waals surface area contributed by atoms with Crippen LogP contribution in [-0.4, -0.2) is 28.2 Å². The Morgan fingerprint density at radius 1 is 1.53 bits per heavy atom. The van der Waals surface area contributed by atoms with E-state index in [0.29, 0.717) is 13.0 Å². The minimum atomic E-state index is -4.01. The number of methoxy groups -OCH3 is 1. The summed E-state index contributed by atoms with van der Waals surface area (Å²) in [6, 6.07) is 1.78. The Hall–Kier alpha value is -0.890. The van der Waals surface area contributed by atoms with Crippen LogP contribution in [0.3, 0.4) is 0 Å². The van der Waals surface area contributed by atoms with Crippen LogP contribution in [0.15, 0.2) is 17.0 Å². The molecule has 8 heteroatoms. The molecule has 0 aliphatic heterocycles. The summed E-state index contributed by atoms with van der Waals surface area (Å²) in [7, 11) is -2.50. The molecule has 19 heavy (non-hydrogen) atoms. The van der Waals surface area contributed by atoms with Crippen molar-refractivity contribution < 1.29 is 17.5 Å². The van der Waals surface area contributed by atoms with Gasteiger partial charge in [-0.15, -0.1) is 0 Å². The molecule has 1 unspecified atom stereocenters. The molecule has 0 heterocycles. The fourth-order valence-corrected chi connectivity index (χ4v) is 3.16. The lowest BCUT2D eigenvalue weighted by Gasteiger charge is -2.15. The Balaban J connectivity index is 3.01. The first-order chi connectivity index (χ1) is 8.77. The van der Waals surface area contributed by atoms with E-state index in [2.05, 4.69) is 4.72 Å². The van der Waals surface area contributed by atoms with E-state index in [9.17, 15) is 12.8 Å². The zero-order chi connectivity index (χ0) is 14.6. The molecule has 1 aromatic carbocycles. The highest BCUT2D eigenvalue weighted by atomic mass is 35.5. The highest BCUT2D eigenvalue weighted by molar-refractivity contribution is 7.89. The van der Waals surface area contributed by atoms with Crippen LogP contribution in [0.2, 0.25) is 5.02 Å². The lowest BCUT2D eigenvalue weighted by atomic mass is 10.3. The van der Waals surface area contributed by atoms with E-state index in [1.54, 1.807) is 6.92 Å². The van der Waals surface area contributed by atoms with Gasteiger partial charge in [0.05, 0.1) is 5.69 Å². The number of sulfonamides is 1. The molecule has 0 aromatic heterocycles. The SMILES string of the molecule is COCCC(C)NS(=O)(=O)c1cc(Cl)cc(N)c1F. The second kappa shape index (κ2) is 6.51. The van der Waals surface area contributed by atoms with Gasteiger partial charge in [-0.05, 0) is 25.5 Å². The van der Waals surface area contributed by atoms with E-state index in [4.69, 9.17) is 22.1 Å². The maximum atomic E-state index is 13.8. The van der Waals surface area contributed by atoms with Crippen LogP contribution < -0.4 is 10.5 Å². The molecule has 3 N–H and O–H groups in total. The van der Waals surface area contributed by atoms with Crippen molar-refractivity contribution >= 4 is 27.3 Å². The molecule has 0 saturated heterocycles. The van der Waals surface area contributed by atoms with Gasteiger partial charge in [-0.2, -0.15) is 0 Å². The van der Waals surface area contributed by atoms with Crippen molar-refractivity contribution in [1.82, 2.24) is 4.72 Å². The number of ether oxygens (including phenoxy) is 1. The summed E-state index contributed by atoms with van der Waals surface area (Å²) in [6.07, 6.45) is 0.466. The van der Waals surface area contributed by atoms with E-state index in [1.165, 1.54) is 7.11 Å². The number of benzene rings is 1. The lowest BCUT2D eigenvalue weighted by Crippen LogP contribution is -2.34. The molecule has 0 aliphatic carbocycles. The van der Waals surface area contributed by atoms with E-state index in [-0.39, 0.29) is 10.7 Å². The summed E-state index contributed by atoms with van der Waals surface area (Å²) < 4.78 is 45.0. The Labute approximate surface area is 116 Å². The maximum absolute atomic E-state index is 13.8. The Morgan fingerprint density at radius 3 is 2.74 bits per heavy atom. The van der Waals surface area contributed by atoms with Crippen molar-refractivity contribution in [3.05, 3.63) is 23.0 Å². The smallest absolute Gasteiger partial charge is 0.243 e. The van der Waals surface area contributed by atoms with Gasteiger partial charge in [0.1, 0.15) is 4.90 Å². The van der Waals surface area contributed by atoms with Gasteiger partial charge >= 0.3 is 0 Å². The zero-order valence-corrected chi connectivity index (χ0v) is 12.2. The standard InChI is InChI=1S/C11H16ClFN2O3S/c1-7(3-4-18-2)15-19(16,17)10-6-8(12)5-9(14)11(10)13/h5-7,15H,3-4,14H2,1-2H3. The van der Waals surface area contributed by atoms with Crippen LogP contribution in [0.5, 0.6) is 0 Å². The number of halogens is 2. The fraction of sp³-hybridized carbons (Fsp3) is 0.455. The molecular weight excluding hydrogens is 295 g/mol. The molecule has 0 saturated carbocycles. The molecule has 0 radical (unpaired) electrons. The number of hydrogen-bond donors (Lipinski definition) is 2. The van der Waals surface area contributed by atoms with Crippen LogP contribution >= 0.6 is 11.6 Å². The van der Waals surface area contributed by atoms with Gasteiger partial charge < -0.3 is 10.5 Å². The highest BCUT2D eigenvalue weighted by Gasteiger charge is 2.23. The predicted octanol–water partition coefficient (Wildman–Crippen LogP) is 1.76. The van der Waals surface area contributed by atoms with Crippen LogP contribution in [0.4, 0.5) is 10.1 Å². The molecule has 5 nitrogen and oxygen atoms in total. The topological polar surface area (TPSA) is 81.4 Å². The summed E-state index contributed by atoms with van der Waals surface area (Å²) >= 11 is 5.69. The Bertz CT molecular complexity index is 551. The molecule has 108 valence electrons. The average Bonchev–Trinajstić information content (AvgIpc) is 2.30. The first-order valence-corrected chi connectivity index (χ1v) is 7.40. The number of nitrogens with one attached hydrogen (secondary N) is 1. The maximum Gasteiger partial charge on any atom is 0.243 e. The molecule has 0 amide bonds. The molecule has 0 aliphatic rings. The number of anilines is 1. The minimum Gasteiger partial charge on any atom is -0.396 e. The summed E-state index contributed by atoms with van der Waals surface area (Å²) in [4.78, 5) is -0.554. The number of hydrogen-bond acceptors (Lipinski definition) is 4. The van der Waals surface area contributed by atoms with Gasteiger partial charge in [-0.25, -0.2) is 17.5 Å². The van der Waals surface area contributed by atoms with E-state index < -0.39 is 26.8 Å². The van der Waals surface area contributed by atoms with Gasteiger partial charge in [-0.3, -0.25) is 0 Å². The van der Waals surface area contributed by atoms with Gasteiger partial charge in [0.25, 0.3) is 0 Å². The van der Waals surface area contributed by atoms with E-state index in [0.717, 1.165) is 12.1 Å². The largest absolute Gasteiger partial charge is 0.396 e. The quantitative estimate of drug-likeness (QED) is 0.785. The van der Waals surface area contributed by atoms with E-state index >= 15 is 0 Å². The first kappa shape index (κ1) is 16.2. The van der Waals surface area contributed by atoms with Crippen molar-refractivity contribution in [3.8, 4) is 0 Å². The second-order valence-corrected chi connectivity index (χ2v) is 6.23. The third-order valence-corrected chi connectivity index (χ3v) is 4.24. The zero-order valence-electron chi connectivity index (χ0n) is 10.6. The van der Waals surface area contributed by atoms with Crippen LogP contribution in [0, 0.1) is 5.82 Å². The van der Waals surface area contributed by atoms with Gasteiger partial charge in [0.2, 0.25) is 10.0 Å². The molecule has 0 fully saturated rings. The minimum absolute atomic E-state index is 0.0591. The van der Waals surface area contributed by atoms with Gasteiger partial charge in [0, 0.05) is 24.8 Å². The van der Waals surface area contributed by atoms with Crippen molar-refractivity contribution in [2.24, 2.45) is 0 Å². The Kier molecular flexibility index (Phi) is 5.54. The van der Waals surface area contributed by atoms with Crippen molar-refractivity contribution in [1.29, 1.82) is 0 Å². The van der Waals surface area contributed by atoms with Crippen LogP contribution in [0.1, 0.15) is 13.3 Å². The summed E-state index contributed by atoms with van der Waals surface area (Å²) in [5.41, 5.74) is 5.05. The van der Waals surface area contributed by atoms with Crippen LogP contribution in [-0.2, 0) is 14.8 Å². The number of nitrogens with two attached hydrogens (primary N) is 1. The summed E-state index contributed by atoms with van der Waals surface area (Å²) in [5.74, 6) is -1.00. The predicted molar refractivity (Wildman–Crippen MR) is 72.1 cm³/mol. The second-order valence-electron chi connectivity index (χ2n) is 4.11. The van der Waals surface area contributed by atoms with Crippen molar-refractivity contribution in [3.63, 3.8) is 0 Å². The molecule has 0 spiro atoms. The molecule has 1 atom stereocenters. The van der Waals surface area contributed by atoms with Crippen molar-refractivity contribution in [2.45, 2.75) is 24.3 Å². The third-order valence-electron chi connectivity index (χ3n) is 2.43. The molecule has 1 aromatic rings.